The minimum Gasteiger partial charge on any atom is -0.370 e. The van der Waals surface area contributed by atoms with E-state index in [9.17, 15) is 0 Å². The fourth-order valence-corrected chi connectivity index (χ4v) is 2.22. The first kappa shape index (κ1) is 15.4. The van der Waals surface area contributed by atoms with Crippen LogP contribution in [0.15, 0.2) is 41.4 Å². The highest BCUT2D eigenvalue weighted by atomic mass is 15.1. The number of hydrogen-bond acceptors (Lipinski definition) is 2. The number of hydrogen-bond donors (Lipinski definition) is 2. The van der Waals surface area contributed by atoms with Gasteiger partial charge in [-0.3, -0.25) is 0 Å². The number of anilines is 1. The van der Waals surface area contributed by atoms with Crippen LogP contribution in [0.1, 0.15) is 25.8 Å². The summed E-state index contributed by atoms with van der Waals surface area (Å²) in [5, 5.41) is 3.15. The maximum atomic E-state index is 5.86. The van der Waals surface area contributed by atoms with Crippen LogP contribution in [0, 0.1) is 5.92 Å². The molecule has 0 atom stereocenters. The van der Waals surface area contributed by atoms with E-state index in [1.165, 1.54) is 11.3 Å². The van der Waals surface area contributed by atoms with E-state index in [4.69, 9.17) is 5.73 Å². The van der Waals surface area contributed by atoms with Crippen LogP contribution in [0.5, 0.6) is 0 Å². The molecule has 1 aromatic carbocycles. The van der Waals surface area contributed by atoms with Gasteiger partial charge in [-0.05, 0) is 30.0 Å². The van der Waals surface area contributed by atoms with Crippen molar-refractivity contribution in [1.29, 1.82) is 0 Å². The Balaban J connectivity index is 1.79. The zero-order valence-electron chi connectivity index (χ0n) is 13.0. The number of aliphatic imine (C=N–C) groups is 1. The standard InChI is InChI=1S/C17H26N4/c1-14(2)9-10-19-17(18)20-13-15-5-7-16(8-6-15)21-11-3-4-12-21/h3-8,14H,9-13H2,1-2H3,(H3,18,19,20). The molecule has 3 N–H and O–H groups in total. The Labute approximate surface area is 127 Å². The van der Waals surface area contributed by atoms with Crippen molar-refractivity contribution in [1.82, 2.24) is 5.32 Å². The van der Waals surface area contributed by atoms with Crippen molar-refractivity contribution in [2.24, 2.45) is 16.6 Å². The SMILES string of the molecule is CC(C)CCNC(N)=NCc1ccc(N2CC=CC2)cc1. The number of nitrogens with one attached hydrogen (secondary N) is 1. The van der Waals surface area contributed by atoms with Crippen LogP contribution in [0.2, 0.25) is 0 Å². The summed E-state index contributed by atoms with van der Waals surface area (Å²) in [6.07, 6.45) is 5.50. The molecule has 0 aliphatic carbocycles. The van der Waals surface area contributed by atoms with Crippen LogP contribution >= 0.6 is 0 Å². The minimum atomic E-state index is 0.531. The summed E-state index contributed by atoms with van der Waals surface area (Å²) in [6, 6.07) is 8.55. The van der Waals surface area contributed by atoms with Gasteiger partial charge in [0.2, 0.25) is 0 Å². The van der Waals surface area contributed by atoms with E-state index in [0.717, 1.165) is 26.1 Å². The third kappa shape index (κ3) is 5.14. The van der Waals surface area contributed by atoms with Crippen LogP contribution in [0.25, 0.3) is 0 Å². The fourth-order valence-electron chi connectivity index (χ4n) is 2.22. The largest absolute Gasteiger partial charge is 0.370 e. The number of nitrogens with zero attached hydrogens (tertiary/aromatic N) is 2. The number of rotatable bonds is 6. The van der Waals surface area contributed by atoms with Crippen LogP contribution < -0.4 is 16.0 Å². The quantitative estimate of drug-likeness (QED) is 0.480. The zero-order valence-corrected chi connectivity index (χ0v) is 13.0. The summed E-state index contributed by atoms with van der Waals surface area (Å²) >= 11 is 0. The van der Waals surface area contributed by atoms with Crippen molar-refractivity contribution in [2.75, 3.05) is 24.5 Å². The maximum absolute atomic E-state index is 5.86. The smallest absolute Gasteiger partial charge is 0.188 e. The Morgan fingerprint density at radius 2 is 1.90 bits per heavy atom. The monoisotopic (exact) mass is 286 g/mol. The first-order valence-electron chi connectivity index (χ1n) is 7.68. The van der Waals surface area contributed by atoms with Crippen molar-refractivity contribution < 1.29 is 0 Å². The topological polar surface area (TPSA) is 53.6 Å². The molecule has 0 saturated heterocycles. The summed E-state index contributed by atoms with van der Waals surface area (Å²) in [4.78, 5) is 6.70. The molecular weight excluding hydrogens is 260 g/mol. The first-order valence-corrected chi connectivity index (χ1v) is 7.68. The molecule has 21 heavy (non-hydrogen) atoms. The number of nitrogens with two attached hydrogens (primary N) is 1. The van der Waals surface area contributed by atoms with Gasteiger partial charge in [-0.2, -0.15) is 0 Å². The molecule has 0 amide bonds. The van der Waals surface area contributed by atoms with Gasteiger partial charge in [-0.25, -0.2) is 4.99 Å². The molecule has 0 unspecified atom stereocenters. The van der Waals surface area contributed by atoms with Crippen molar-refractivity contribution in [2.45, 2.75) is 26.8 Å². The van der Waals surface area contributed by atoms with Crippen LogP contribution in [0.4, 0.5) is 5.69 Å². The Morgan fingerprint density at radius 1 is 1.24 bits per heavy atom. The van der Waals surface area contributed by atoms with E-state index in [-0.39, 0.29) is 0 Å². The minimum absolute atomic E-state index is 0.531. The molecule has 0 spiro atoms. The molecule has 1 aliphatic heterocycles. The highest BCUT2D eigenvalue weighted by Crippen LogP contribution is 2.17. The van der Waals surface area contributed by atoms with Gasteiger partial charge >= 0.3 is 0 Å². The highest BCUT2D eigenvalue weighted by molar-refractivity contribution is 5.77. The second kappa shape index (κ2) is 7.72. The van der Waals surface area contributed by atoms with Gasteiger partial charge in [-0.1, -0.05) is 38.1 Å². The average Bonchev–Trinajstić information content (AvgIpc) is 2.99. The summed E-state index contributed by atoms with van der Waals surface area (Å²) in [5.41, 5.74) is 8.30. The van der Waals surface area contributed by atoms with Gasteiger partial charge in [0.15, 0.2) is 5.96 Å². The molecular formula is C17H26N4. The predicted molar refractivity (Wildman–Crippen MR) is 90.6 cm³/mol. The molecule has 0 aromatic heterocycles. The Bertz CT molecular complexity index is 480. The fraction of sp³-hybridized carbons (Fsp3) is 0.471. The number of benzene rings is 1. The molecule has 114 valence electrons. The molecule has 4 nitrogen and oxygen atoms in total. The average molecular weight is 286 g/mol. The lowest BCUT2D eigenvalue weighted by molar-refractivity contribution is 0.576. The van der Waals surface area contributed by atoms with Crippen LogP contribution in [-0.2, 0) is 6.54 Å². The van der Waals surface area contributed by atoms with E-state index in [2.05, 4.69) is 65.5 Å². The molecule has 1 heterocycles. The van der Waals surface area contributed by atoms with Crippen molar-refractivity contribution in [3.05, 3.63) is 42.0 Å². The normalized spacial score (nSPS) is 15.0. The molecule has 4 heteroatoms. The second-order valence-corrected chi connectivity index (χ2v) is 5.85. The van der Waals surface area contributed by atoms with Gasteiger partial charge in [0, 0.05) is 25.3 Å². The maximum Gasteiger partial charge on any atom is 0.188 e. The Kier molecular flexibility index (Phi) is 5.67. The molecule has 1 aromatic rings. The third-order valence-corrected chi connectivity index (χ3v) is 3.58. The van der Waals surface area contributed by atoms with E-state index >= 15 is 0 Å². The van der Waals surface area contributed by atoms with E-state index in [1.807, 2.05) is 0 Å². The van der Waals surface area contributed by atoms with Crippen LogP contribution in [-0.4, -0.2) is 25.6 Å². The van der Waals surface area contributed by atoms with Gasteiger partial charge in [0.1, 0.15) is 0 Å². The van der Waals surface area contributed by atoms with Gasteiger partial charge < -0.3 is 16.0 Å². The lowest BCUT2D eigenvalue weighted by Gasteiger charge is -2.17. The first-order chi connectivity index (χ1) is 10.1. The third-order valence-electron chi connectivity index (χ3n) is 3.58. The zero-order chi connectivity index (χ0) is 15.1. The molecule has 0 radical (unpaired) electrons. The lowest BCUT2D eigenvalue weighted by Crippen LogP contribution is -2.32. The molecule has 2 rings (SSSR count). The molecule has 0 bridgehead atoms. The highest BCUT2D eigenvalue weighted by Gasteiger charge is 2.06. The van der Waals surface area contributed by atoms with Crippen LogP contribution in [0.3, 0.4) is 0 Å². The van der Waals surface area contributed by atoms with Gasteiger partial charge in [0.25, 0.3) is 0 Å². The summed E-state index contributed by atoms with van der Waals surface area (Å²) in [5.74, 6) is 1.21. The van der Waals surface area contributed by atoms with E-state index in [0.29, 0.717) is 18.4 Å². The summed E-state index contributed by atoms with van der Waals surface area (Å²) in [7, 11) is 0. The summed E-state index contributed by atoms with van der Waals surface area (Å²) < 4.78 is 0. The van der Waals surface area contributed by atoms with Gasteiger partial charge in [0.05, 0.1) is 6.54 Å². The molecule has 0 saturated carbocycles. The Hall–Kier alpha value is -1.97. The Morgan fingerprint density at radius 3 is 2.52 bits per heavy atom. The number of guanidine groups is 1. The predicted octanol–water partition coefficient (Wildman–Crippen LogP) is 2.51. The van der Waals surface area contributed by atoms with Crippen molar-refractivity contribution in [3.8, 4) is 0 Å². The van der Waals surface area contributed by atoms with Crippen molar-refractivity contribution >= 4 is 11.6 Å². The summed E-state index contributed by atoms with van der Waals surface area (Å²) in [6.45, 7) is 7.92. The molecule has 1 aliphatic rings. The van der Waals surface area contributed by atoms with Gasteiger partial charge in [-0.15, -0.1) is 0 Å². The van der Waals surface area contributed by atoms with Crippen molar-refractivity contribution in [3.63, 3.8) is 0 Å². The van der Waals surface area contributed by atoms with E-state index < -0.39 is 0 Å². The van der Waals surface area contributed by atoms with E-state index in [1.54, 1.807) is 0 Å². The molecule has 0 fully saturated rings. The lowest BCUT2D eigenvalue weighted by atomic mass is 10.1. The second-order valence-electron chi connectivity index (χ2n) is 5.85.